The Hall–Kier alpha value is -0.670. The Labute approximate surface area is 107 Å². The van der Waals surface area contributed by atoms with E-state index >= 15 is 0 Å². The molecule has 0 radical (unpaired) electrons. The van der Waals surface area contributed by atoms with Gasteiger partial charge in [-0.25, -0.2) is 8.78 Å². The number of cyclic esters (lactones) is 1. The molecule has 1 saturated carbocycles. The zero-order chi connectivity index (χ0) is 13.7. The van der Waals surface area contributed by atoms with E-state index in [0.29, 0.717) is 6.42 Å². The summed E-state index contributed by atoms with van der Waals surface area (Å²) < 4.78 is 33.0. The van der Waals surface area contributed by atoms with Crippen molar-refractivity contribution >= 4 is 5.97 Å². The second-order valence-electron chi connectivity index (χ2n) is 6.12. The Morgan fingerprint density at radius 2 is 2.00 bits per heavy atom. The molecule has 0 aromatic rings. The van der Waals surface area contributed by atoms with Gasteiger partial charge in [-0.1, -0.05) is 27.2 Å². The molecule has 0 N–H and O–H groups in total. The Morgan fingerprint density at radius 3 is 2.56 bits per heavy atom. The Kier molecular flexibility index (Phi) is 3.19. The summed E-state index contributed by atoms with van der Waals surface area (Å²) in [4.78, 5) is 11.9. The molecule has 1 aliphatic heterocycles. The van der Waals surface area contributed by atoms with Crippen molar-refractivity contribution in [2.75, 3.05) is 0 Å². The molecule has 2 nitrogen and oxygen atoms in total. The molecule has 1 saturated heterocycles. The number of hydrogen-bond acceptors (Lipinski definition) is 2. The number of esters is 1. The third kappa shape index (κ3) is 1.68. The van der Waals surface area contributed by atoms with Gasteiger partial charge in [0.25, 0.3) is 5.92 Å². The van der Waals surface area contributed by atoms with E-state index in [9.17, 15) is 13.6 Å². The SMILES string of the molecule is CCC(C)C12CC(C)C(F)(F)CC1C(=O)OC2C. The first-order chi connectivity index (χ1) is 8.25. The molecule has 0 spiro atoms. The van der Waals surface area contributed by atoms with Crippen molar-refractivity contribution < 1.29 is 18.3 Å². The monoisotopic (exact) mass is 260 g/mol. The predicted molar refractivity (Wildman–Crippen MR) is 64.3 cm³/mol. The van der Waals surface area contributed by atoms with Crippen LogP contribution in [0.2, 0.25) is 0 Å². The van der Waals surface area contributed by atoms with Gasteiger partial charge in [0.2, 0.25) is 0 Å². The number of carbonyl (C=O) groups is 1. The fourth-order valence-electron chi connectivity index (χ4n) is 3.93. The van der Waals surface area contributed by atoms with Gasteiger partial charge in [-0.3, -0.25) is 4.79 Å². The zero-order valence-electron chi connectivity index (χ0n) is 11.5. The summed E-state index contributed by atoms with van der Waals surface area (Å²) in [5, 5.41) is 0. The number of ether oxygens (including phenoxy) is 1. The van der Waals surface area contributed by atoms with Crippen LogP contribution in [-0.2, 0) is 9.53 Å². The summed E-state index contributed by atoms with van der Waals surface area (Å²) >= 11 is 0. The average Bonchev–Trinajstić information content (AvgIpc) is 2.52. The molecule has 2 aliphatic rings. The van der Waals surface area contributed by atoms with Gasteiger partial charge in [-0.2, -0.15) is 0 Å². The van der Waals surface area contributed by atoms with Crippen LogP contribution in [0, 0.1) is 23.2 Å². The van der Waals surface area contributed by atoms with E-state index in [-0.39, 0.29) is 18.4 Å². The third-order valence-electron chi connectivity index (χ3n) is 5.37. The largest absolute Gasteiger partial charge is 0.462 e. The van der Waals surface area contributed by atoms with Crippen molar-refractivity contribution in [1.29, 1.82) is 0 Å². The minimum atomic E-state index is -2.75. The molecule has 0 aromatic carbocycles. The molecule has 2 rings (SSSR count). The first kappa shape index (κ1) is 13.8. The van der Waals surface area contributed by atoms with E-state index in [0.717, 1.165) is 6.42 Å². The first-order valence-corrected chi connectivity index (χ1v) is 6.84. The van der Waals surface area contributed by atoms with Crippen LogP contribution >= 0.6 is 0 Å². The van der Waals surface area contributed by atoms with Gasteiger partial charge in [0, 0.05) is 17.8 Å². The molecule has 1 aliphatic carbocycles. The Bertz CT molecular complexity index is 356. The maximum Gasteiger partial charge on any atom is 0.310 e. The van der Waals surface area contributed by atoms with E-state index in [1.54, 1.807) is 6.92 Å². The number of halogens is 2. The second kappa shape index (κ2) is 4.17. The zero-order valence-corrected chi connectivity index (χ0v) is 11.5. The number of hydrogen-bond donors (Lipinski definition) is 0. The third-order valence-corrected chi connectivity index (χ3v) is 5.37. The minimum Gasteiger partial charge on any atom is -0.462 e. The summed E-state index contributed by atoms with van der Waals surface area (Å²) in [6.45, 7) is 7.56. The highest BCUT2D eigenvalue weighted by molar-refractivity contribution is 5.76. The highest BCUT2D eigenvalue weighted by Crippen LogP contribution is 2.60. The molecule has 0 aromatic heterocycles. The molecule has 4 heteroatoms. The van der Waals surface area contributed by atoms with Crippen LogP contribution < -0.4 is 0 Å². The Morgan fingerprint density at radius 1 is 1.39 bits per heavy atom. The summed E-state index contributed by atoms with van der Waals surface area (Å²) in [5.74, 6) is -4.25. The standard InChI is InChI=1S/C14H22F2O2/c1-5-8(2)13-6-9(3)14(15,16)7-11(13)12(17)18-10(13)4/h8-11H,5-7H2,1-4H3. The predicted octanol–water partition coefficient (Wildman–Crippen LogP) is 3.65. The summed E-state index contributed by atoms with van der Waals surface area (Å²) in [6.07, 6.45) is 0.674. The number of carbonyl (C=O) groups excluding carboxylic acids is 1. The number of rotatable bonds is 2. The lowest BCUT2D eigenvalue weighted by atomic mass is 9.55. The van der Waals surface area contributed by atoms with Gasteiger partial charge >= 0.3 is 5.97 Å². The Balaban J connectivity index is 2.42. The van der Waals surface area contributed by atoms with E-state index in [2.05, 4.69) is 6.92 Å². The van der Waals surface area contributed by atoms with Crippen LogP contribution in [0.3, 0.4) is 0 Å². The highest BCUT2D eigenvalue weighted by Gasteiger charge is 2.65. The summed E-state index contributed by atoms with van der Waals surface area (Å²) in [5.41, 5.74) is -0.396. The van der Waals surface area contributed by atoms with Crippen molar-refractivity contribution in [3.05, 3.63) is 0 Å². The van der Waals surface area contributed by atoms with Gasteiger partial charge in [0.15, 0.2) is 0 Å². The number of fused-ring (bicyclic) bond motifs is 1. The molecular weight excluding hydrogens is 238 g/mol. The summed E-state index contributed by atoms with van der Waals surface area (Å²) in [7, 11) is 0. The normalized spacial score (nSPS) is 44.3. The highest BCUT2D eigenvalue weighted by atomic mass is 19.3. The quantitative estimate of drug-likeness (QED) is 0.708. The fraction of sp³-hybridized carbons (Fsp3) is 0.929. The maximum atomic E-state index is 13.9. The van der Waals surface area contributed by atoms with Crippen LogP contribution in [0.1, 0.15) is 47.0 Å². The molecular formula is C14H22F2O2. The van der Waals surface area contributed by atoms with Gasteiger partial charge in [-0.15, -0.1) is 0 Å². The molecule has 0 amide bonds. The lowest BCUT2D eigenvalue weighted by Crippen LogP contribution is -2.51. The van der Waals surface area contributed by atoms with Crippen LogP contribution in [0.4, 0.5) is 8.78 Å². The van der Waals surface area contributed by atoms with E-state index < -0.39 is 29.1 Å². The lowest BCUT2D eigenvalue weighted by Gasteiger charge is -2.48. The lowest BCUT2D eigenvalue weighted by molar-refractivity contribution is -0.157. The smallest absolute Gasteiger partial charge is 0.310 e. The van der Waals surface area contributed by atoms with Crippen molar-refractivity contribution in [3.8, 4) is 0 Å². The molecule has 1 heterocycles. The number of alkyl halides is 2. The second-order valence-corrected chi connectivity index (χ2v) is 6.12. The maximum absolute atomic E-state index is 13.9. The van der Waals surface area contributed by atoms with Crippen LogP contribution in [0.25, 0.3) is 0 Å². The van der Waals surface area contributed by atoms with Crippen molar-refractivity contribution in [2.24, 2.45) is 23.2 Å². The molecule has 0 bridgehead atoms. The molecule has 18 heavy (non-hydrogen) atoms. The van der Waals surface area contributed by atoms with Gasteiger partial charge < -0.3 is 4.74 Å². The van der Waals surface area contributed by atoms with Gasteiger partial charge in [0.1, 0.15) is 6.10 Å². The topological polar surface area (TPSA) is 26.3 Å². The van der Waals surface area contributed by atoms with Gasteiger partial charge in [0.05, 0.1) is 5.92 Å². The van der Waals surface area contributed by atoms with E-state index in [1.807, 2.05) is 13.8 Å². The average molecular weight is 260 g/mol. The molecule has 104 valence electrons. The van der Waals surface area contributed by atoms with E-state index in [4.69, 9.17) is 4.74 Å². The van der Waals surface area contributed by atoms with Crippen molar-refractivity contribution in [2.45, 2.75) is 59.0 Å². The van der Waals surface area contributed by atoms with Crippen molar-refractivity contribution in [3.63, 3.8) is 0 Å². The fourth-order valence-corrected chi connectivity index (χ4v) is 3.93. The van der Waals surface area contributed by atoms with Crippen LogP contribution in [-0.4, -0.2) is 18.0 Å². The molecule has 5 unspecified atom stereocenters. The van der Waals surface area contributed by atoms with Crippen molar-refractivity contribution in [1.82, 2.24) is 0 Å². The molecule has 2 fully saturated rings. The van der Waals surface area contributed by atoms with E-state index in [1.165, 1.54) is 0 Å². The summed E-state index contributed by atoms with van der Waals surface area (Å²) in [6, 6.07) is 0. The first-order valence-electron chi connectivity index (χ1n) is 6.84. The van der Waals surface area contributed by atoms with Gasteiger partial charge in [-0.05, 0) is 19.3 Å². The minimum absolute atomic E-state index is 0.225. The molecule has 5 atom stereocenters. The van der Waals surface area contributed by atoms with Crippen LogP contribution in [0.15, 0.2) is 0 Å². The van der Waals surface area contributed by atoms with Crippen LogP contribution in [0.5, 0.6) is 0 Å².